The summed E-state index contributed by atoms with van der Waals surface area (Å²) in [7, 11) is 0. The summed E-state index contributed by atoms with van der Waals surface area (Å²) in [6.45, 7) is 3.26. The van der Waals surface area contributed by atoms with Crippen LogP contribution < -0.4 is 0 Å². The fourth-order valence-electron chi connectivity index (χ4n) is 1.76. The van der Waals surface area contributed by atoms with E-state index in [2.05, 4.69) is 28.1 Å². The van der Waals surface area contributed by atoms with Crippen LogP contribution in [0.25, 0.3) is 0 Å². The zero-order valence-electron chi connectivity index (χ0n) is 7.95. The Bertz CT molecular complexity index is 251. The standard InChI is InChI=1S/C11H16N2/c1-2-5-11(6-3-1)9-13-8-4-7-12-10-13/h1-2,5,10H,3-4,6-9H2. The molecule has 70 valence electrons. The molecule has 1 aliphatic heterocycles. The van der Waals surface area contributed by atoms with E-state index in [1.54, 1.807) is 0 Å². The van der Waals surface area contributed by atoms with Crippen LogP contribution in [-0.2, 0) is 0 Å². The minimum absolute atomic E-state index is 1.01. The van der Waals surface area contributed by atoms with Gasteiger partial charge in [0.25, 0.3) is 0 Å². The summed E-state index contributed by atoms with van der Waals surface area (Å²) in [6, 6.07) is 0. The van der Waals surface area contributed by atoms with E-state index in [1.807, 2.05) is 6.34 Å². The first-order valence-electron chi connectivity index (χ1n) is 5.04. The molecule has 1 heterocycles. The molecule has 1 aliphatic carbocycles. The highest BCUT2D eigenvalue weighted by Gasteiger charge is 2.07. The molecule has 0 amide bonds. The van der Waals surface area contributed by atoms with E-state index in [4.69, 9.17) is 0 Å². The fourth-order valence-corrected chi connectivity index (χ4v) is 1.76. The van der Waals surface area contributed by atoms with Crippen molar-refractivity contribution in [3.8, 4) is 0 Å². The van der Waals surface area contributed by atoms with Crippen molar-refractivity contribution in [2.75, 3.05) is 19.6 Å². The first-order valence-corrected chi connectivity index (χ1v) is 5.04. The third-order valence-corrected chi connectivity index (χ3v) is 2.48. The minimum Gasteiger partial charge on any atom is -0.359 e. The van der Waals surface area contributed by atoms with Crippen molar-refractivity contribution in [1.29, 1.82) is 0 Å². The first kappa shape index (κ1) is 8.54. The van der Waals surface area contributed by atoms with Gasteiger partial charge in [0.05, 0.1) is 6.34 Å². The van der Waals surface area contributed by atoms with Crippen LogP contribution in [0.5, 0.6) is 0 Å². The van der Waals surface area contributed by atoms with E-state index < -0.39 is 0 Å². The van der Waals surface area contributed by atoms with Crippen LogP contribution in [0, 0.1) is 0 Å². The summed E-state index contributed by atoms with van der Waals surface area (Å²) in [4.78, 5) is 6.59. The summed E-state index contributed by atoms with van der Waals surface area (Å²) >= 11 is 0. The summed E-state index contributed by atoms with van der Waals surface area (Å²) < 4.78 is 0. The molecule has 13 heavy (non-hydrogen) atoms. The van der Waals surface area contributed by atoms with Crippen LogP contribution in [0.15, 0.2) is 28.8 Å². The average Bonchev–Trinajstić information content (AvgIpc) is 2.21. The SMILES string of the molecule is C1=CCCC(CN2C=NCCC2)=C1. The second-order valence-electron chi connectivity index (χ2n) is 3.64. The largest absolute Gasteiger partial charge is 0.359 e. The Labute approximate surface area is 79.7 Å². The Kier molecular flexibility index (Phi) is 2.80. The lowest BCUT2D eigenvalue weighted by molar-refractivity contribution is 0.431. The Balaban J connectivity index is 1.89. The predicted molar refractivity (Wildman–Crippen MR) is 56.0 cm³/mol. The van der Waals surface area contributed by atoms with E-state index in [-0.39, 0.29) is 0 Å². The molecule has 0 fully saturated rings. The van der Waals surface area contributed by atoms with E-state index in [1.165, 1.54) is 31.4 Å². The van der Waals surface area contributed by atoms with Crippen molar-refractivity contribution in [3.05, 3.63) is 23.8 Å². The Morgan fingerprint density at radius 3 is 3.15 bits per heavy atom. The van der Waals surface area contributed by atoms with Crippen molar-refractivity contribution in [1.82, 2.24) is 4.90 Å². The Hall–Kier alpha value is -1.05. The fraction of sp³-hybridized carbons (Fsp3) is 0.545. The minimum atomic E-state index is 1.01. The van der Waals surface area contributed by atoms with Gasteiger partial charge in [0.15, 0.2) is 0 Å². The maximum atomic E-state index is 4.28. The number of rotatable bonds is 2. The molecule has 2 heteroatoms. The van der Waals surface area contributed by atoms with Gasteiger partial charge in [-0.2, -0.15) is 0 Å². The molecule has 2 rings (SSSR count). The molecule has 0 N–H and O–H groups in total. The van der Waals surface area contributed by atoms with Gasteiger partial charge in [0.1, 0.15) is 0 Å². The second-order valence-corrected chi connectivity index (χ2v) is 3.64. The van der Waals surface area contributed by atoms with Gasteiger partial charge >= 0.3 is 0 Å². The zero-order chi connectivity index (χ0) is 8.93. The lowest BCUT2D eigenvalue weighted by atomic mass is 10.0. The third kappa shape index (κ3) is 2.44. The van der Waals surface area contributed by atoms with Gasteiger partial charge < -0.3 is 4.90 Å². The van der Waals surface area contributed by atoms with E-state index in [0.29, 0.717) is 0 Å². The molecule has 0 aromatic carbocycles. The molecule has 0 unspecified atom stereocenters. The molecular weight excluding hydrogens is 160 g/mol. The molecule has 0 bridgehead atoms. The molecule has 2 nitrogen and oxygen atoms in total. The third-order valence-electron chi connectivity index (χ3n) is 2.48. The van der Waals surface area contributed by atoms with Gasteiger partial charge in [0.2, 0.25) is 0 Å². The number of nitrogens with zero attached hydrogens (tertiary/aromatic N) is 2. The van der Waals surface area contributed by atoms with Crippen LogP contribution in [-0.4, -0.2) is 30.9 Å². The molecule has 2 aliphatic rings. The van der Waals surface area contributed by atoms with Gasteiger partial charge in [-0.25, -0.2) is 0 Å². The molecular formula is C11H16N2. The number of hydrogen-bond acceptors (Lipinski definition) is 2. The molecule has 0 saturated heterocycles. The maximum absolute atomic E-state index is 4.28. The van der Waals surface area contributed by atoms with Crippen molar-refractivity contribution >= 4 is 6.34 Å². The van der Waals surface area contributed by atoms with Gasteiger partial charge in [-0.1, -0.05) is 23.8 Å². The van der Waals surface area contributed by atoms with Crippen LogP contribution in [0.2, 0.25) is 0 Å². The van der Waals surface area contributed by atoms with Gasteiger partial charge in [0, 0.05) is 19.6 Å². The zero-order valence-corrected chi connectivity index (χ0v) is 7.95. The lowest BCUT2D eigenvalue weighted by Gasteiger charge is -2.24. The molecule has 0 radical (unpaired) electrons. The lowest BCUT2D eigenvalue weighted by Crippen LogP contribution is -2.29. The van der Waals surface area contributed by atoms with Crippen LogP contribution in [0.3, 0.4) is 0 Å². The Morgan fingerprint density at radius 1 is 1.46 bits per heavy atom. The first-order chi connectivity index (χ1) is 6.45. The van der Waals surface area contributed by atoms with Gasteiger partial charge in [-0.3, -0.25) is 4.99 Å². The normalized spacial score (nSPS) is 21.8. The molecule has 0 aromatic heterocycles. The number of allylic oxidation sites excluding steroid dienone is 3. The van der Waals surface area contributed by atoms with Crippen molar-refractivity contribution in [2.45, 2.75) is 19.3 Å². The van der Waals surface area contributed by atoms with Gasteiger partial charge in [-0.05, 0) is 19.3 Å². The monoisotopic (exact) mass is 176 g/mol. The van der Waals surface area contributed by atoms with Crippen molar-refractivity contribution in [3.63, 3.8) is 0 Å². The molecule has 0 atom stereocenters. The van der Waals surface area contributed by atoms with Crippen molar-refractivity contribution in [2.24, 2.45) is 4.99 Å². The smallest absolute Gasteiger partial charge is 0.0852 e. The molecule has 0 saturated carbocycles. The van der Waals surface area contributed by atoms with Crippen molar-refractivity contribution < 1.29 is 0 Å². The Morgan fingerprint density at radius 2 is 2.46 bits per heavy atom. The van der Waals surface area contributed by atoms with Crippen LogP contribution in [0.4, 0.5) is 0 Å². The van der Waals surface area contributed by atoms with E-state index in [0.717, 1.165) is 13.1 Å². The van der Waals surface area contributed by atoms with E-state index >= 15 is 0 Å². The highest BCUT2D eigenvalue weighted by molar-refractivity contribution is 5.56. The maximum Gasteiger partial charge on any atom is 0.0852 e. The quantitative estimate of drug-likeness (QED) is 0.628. The molecule has 0 aromatic rings. The number of hydrogen-bond donors (Lipinski definition) is 0. The van der Waals surface area contributed by atoms with Gasteiger partial charge in [-0.15, -0.1) is 0 Å². The highest BCUT2D eigenvalue weighted by Crippen LogP contribution is 2.13. The van der Waals surface area contributed by atoms with Crippen LogP contribution in [0.1, 0.15) is 19.3 Å². The predicted octanol–water partition coefficient (Wildman–Crippen LogP) is 2.00. The second kappa shape index (κ2) is 4.26. The summed E-state index contributed by atoms with van der Waals surface area (Å²) in [5, 5.41) is 0. The number of aliphatic imine (C=N–C) groups is 1. The van der Waals surface area contributed by atoms with E-state index in [9.17, 15) is 0 Å². The summed E-state index contributed by atoms with van der Waals surface area (Å²) in [5.41, 5.74) is 1.54. The highest BCUT2D eigenvalue weighted by atomic mass is 15.2. The molecule has 0 spiro atoms. The topological polar surface area (TPSA) is 15.6 Å². The summed E-state index contributed by atoms with van der Waals surface area (Å²) in [5.74, 6) is 0. The summed E-state index contributed by atoms with van der Waals surface area (Å²) in [6.07, 6.45) is 12.3. The van der Waals surface area contributed by atoms with Crippen LogP contribution >= 0.6 is 0 Å². The average molecular weight is 176 g/mol.